The first-order valence-electron chi connectivity index (χ1n) is 8.63. The summed E-state index contributed by atoms with van der Waals surface area (Å²) in [5, 5.41) is 3.86. The van der Waals surface area contributed by atoms with Gasteiger partial charge in [0.05, 0.1) is 12.8 Å². The van der Waals surface area contributed by atoms with Gasteiger partial charge in [-0.05, 0) is 42.5 Å². The smallest absolute Gasteiger partial charge is 0.117 e. The molecule has 0 aliphatic carbocycles. The first-order valence-corrected chi connectivity index (χ1v) is 8.63. The van der Waals surface area contributed by atoms with Gasteiger partial charge < -0.3 is 9.73 Å². The zero-order valence-electron chi connectivity index (χ0n) is 14.1. The van der Waals surface area contributed by atoms with Gasteiger partial charge in [0.2, 0.25) is 0 Å². The normalized spacial score (nSPS) is 18.4. The minimum atomic E-state index is 0.380. The molecule has 1 N–H and O–H groups in total. The molecule has 23 heavy (non-hydrogen) atoms. The van der Waals surface area contributed by atoms with E-state index in [0.29, 0.717) is 18.0 Å². The number of likely N-dealkylation sites (tertiary alicyclic amines) is 1. The molecule has 1 saturated heterocycles. The first kappa shape index (κ1) is 16.2. The van der Waals surface area contributed by atoms with E-state index in [1.165, 1.54) is 18.4 Å². The number of aromatic nitrogens is 1. The first-order chi connectivity index (χ1) is 11.2. The van der Waals surface area contributed by atoms with Crippen LogP contribution in [0.2, 0.25) is 0 Å². The molecule has 1 atom stereocenters. The molecule has 4 nitrogen and oxygen atoms in total. The standard InChI is InChI=1S/C19H27N3O/c1-15(2)19(16-5-3-9-20-13-16)21-17-7-10-22(11-8-17)14-18-6-4-12-23-18/h3-6,9,12-13,15,17,19,21H,7-8,10-11,14H2,1-2H3/t19-/m0/s1. The lowest BCUT2D eigenvalue weighted by molar-refractivity contribution is 0.168. The zero-order chi connectivity index (χ0) is 16.1. The maximum Gasteiger partial charge on any atom is 0.117 e. The van der Waals surface area contributed by atoms with Crippen LogP contribution in [0.5, 0.6) is 0 Å². The molecule has 1 fully saturated rings. The monoisotopic (exact) mass is 313 g/mol. The Kier molecular flexibility index (Phi) is 5.47. The molecule has 3 heterocycles. The molecule has 0 bridgehead atoms. The number of nitrogens with one attached hydrogen (secondary N) is 1. The molecule has 0 spiro atoms. The highest BCUT2D eigenvalue weighted by atomic mass is 16.3. The number of hydrogen-bond donors (Lipinski definition) is 1. The quantitative estimate of drug-likeness (QED) is 0.884. The zero-order valence-corrected chi connectivity index (χ0v) is 14.1. The summed E-state index contributed by atoms with van der Waals surface area (Å²) in [7, 11) is 0. The molecule has 0 radical (unpaired) electrons. The van der Waals surface area contributed by atoms with Crippen molar-refractivity contribution in [2.75, 3.05) is 13.1 Å². The van der Waals surface area contributed by atoms with Gasteiger partial charge in [-0.3, -0.25) is 9.88 Å². The summed E-state index contributed by atoms with van der Waals surface area (Å²) in [6, 6.07) is 9.18. The molecule has 1 aliphatic rings. The Morgan fingerprint density at radius 3 is 2.70 bits per heavy atom. The van der Waals surface area contributed by atoms with Crippen LogP contribution in [0.25, 0.3) is 0 Å². The van der Waals surface area contributed by atoms with E-state index in [4.69, 9.17) is 4.42 Å². The minimum absolute atomic E-state index is 0.380. The number of pyridine rings is 1. The molecule has 0 aromatic carbocycles. The van der Waals surface area contributed by atoms with Crippen molar-refractivity contribution >= 4 is 0 Å². The number of nitrogens with zero attached hydrogens (tertiary/aromatic N) is 2. The average molecular weight is 313 g/mol. The Morgan fingerprint density at radius 2 is 2.09 bits per heavy atom. The van der Waals surface area contributed by atoms with Crippen molar-refractivity contribution in [1.29, 1.82) is 0 Å². The lowest BCUT2D eigenvalue weighted by atomic mass is 9.94. The SMILES string of the molecule is CC(C)[C@H](NC1CCN(Cc2ccco2)CC1)c1cccnc1. The van der Waals surface area contributed by atoms with Crippen LogP contribution in [0.15, 0.2) is 47.3 Å². The van der Waals surface area contributed by atoms with Crippen LogP contribution in [-0.4, -0.2) is 29.0 Å². The summed E-state index contributed by atoms with van der Waals surface area (Å²) in [4.78, 5) is 6.75. The average Bonchev–Trinajstić information content (AvgIpc) is 3.07. The number of hydrogen-bond acceptors (Lipinski definition) is 4. The Balaban J connectivity index is 1.52. The fraction of sp³-hybridized carbons (Fsp3) is 0.526. The van der Waals surface area contributed by atoms with Gasteiger partial charge in [0.15, 0.2) is 0 Å². The molecule has 3 rings (SSSR count). The van der Waals surface area contributed by atoms with Crippen LogP contribution in [-0.2, 0) is 6.54 Å². The van der Waals surface area contributed by atoms with Gasteiger partial charge in [0.1, 0.15) is 5.76 Å². The van der Waals surface area contributed by atoms with Crippen molar-refractivity contribution in [3.8, 4) is 0 Å². The van der Waals surface area contributed by atoms with E-state index < -0.39 is 0 Å². The molecule has 2 aromatic rings. The van der Waals surface area contributed by atoms with E-state index in [0.717, 1.165) is 25.4 Å². The molecule has 0 unspecified atom stereocenters. The van der Waals surface area contributed by atoms with Crippen molar-refractivity contribution in [2.45, 2.75) is 45.3 Å². The van der Waals surface area contributed by atoms with Crippen molar-refractivity contribution in [3.63, 3.8) is 0 Å². The third kappa shape index (κ3) is 4.43. The topological polar surface area (TPSA) is 41.3 Å². The number of piperidine rings is 1. The third-order valence-corrected chi connectivity index (χ3v) is 4.67. The summed E-state index contributed by atoms with van der Waals surface area (Å²) >= 11 is 0. The molecule has 0 amide bonds. The van der Waals surface area contributed by atoms with E-state index in [1.807, 2.05) is 24.5 Å². The molecular formula is C19H27N3O. The van der Waals surface area contributed by atoms with E-state index in [1.54, 1.807) is 6.26 Å². The van der Waals surface area contributed by atoms with Crippen molar-refractivity contribution in [3.05, 3.63) is 54.2 Å². The second kappa shape index (κ2) is 7.75. The van der Waals surface area contributed by atoms with E-state index in [9.17, 15) is 0 Å². The molecule has 0 saturated carbocycles. The van der Waals surface area contributed by atoms with Gasteiger partial charge in [-0.25, -0.2) is 0 Å². The van der Waals surface area contributed by atoms with Crippen LogP contribution in [0, 0.1) is 5.92 Å². The highest BCUT2D eigenvalue weighted by Crippen LogP contribution is 2.24. The van der Waals surface area contributed by atoms with Crippen LogP contribution in [0.1, 0.15) is 44.1 Å². The minimum Gasteiger partial charge on any atom is -0.468 e. The van der Waals surface area contributed by atoms with E-state index >= 15 is 0 Å². The highest BCUT2D eigenvalue weighted by molar-refractivity contribution is 5.15. The summed E-state index contributed by atoms with van der Waals surface area (Å²) < 4.78 is 5.45. The maximum atomic E-state index is 5.45. The molecule has 1 aliphatic heterocycles. The van der Waals surface area contributed by atoms with Crippen LogP contribution < -0.4 is 5.32 Å². The van der Waals surface area contributed by atoms with Gasteiger partial charge in [-0.2, -0.15) is 0 Å². The maximum absolute atomic E-state index is 5.45. The van der Waals surface area contributed by atoms with E-state index in [2.05, 4.69) is 41.2 Å². The summed E-state index contributed by atoms with van der Waals surface area (Å²) in [5.74, 6) is 1.62. The second-order valence-electron chi connectivity index (χ2n) is 6.80. The van der Waals surface area contributed by atoms with Gasteiger partial charge >= 0.3 is 0 Å². The van der Waals surface area contributed by atoms with Crippen molar-refractivity contribution < 1.29 is 4.42 Å². The molecular weight excluding hydrogens is 286 g/mol. The van der Waals surface area contributed by atoms with Crippen LogP contribution in [0.4, 0.5) is 0 Å². The Hall–Kier alpha value is -1.65. The molecule has 2 aromatic heterocycles. The third-order valence-electron chi connectivity index (χ3n) is 4.67. The second-order valence-corrected chi connectivity index (χ2v) is 6.80. The summed E-state index contributed by atoms with van der Waals surface area (Å²) in [5.41, 5.74) is 1.29. The molecule has 124 valence electrons. The molecule has 4 heteroatoms. The Bertz CT molecular complexity index is 560. The Labute approximate surface area is 138 Å². The van der Waals surface area contributed by atoms with Crippen molar-refractivity contribution in [1.82, 2.24) is 15.2 Å². The van der Waals surface area contributed by atoms with Crippen LogP contribution >= 0.6 is 0 Å². The van der Waals surface area contributed by atoms with Gasteiger partial charge in [0, 0.05) is 37.6 Å². The predicted octanol–water partition coefficient (Wildman–Crippen LogP) is 3.63. The summed E-state index contributed by atoms with van der Waals surface area (Å²) in [6.07, 6.45) is 7.96. The fourth-order valence-electron chi connectivity index (χ4n) is 3.37. The largest absolute Gasteiger partial charge is 0.468 e. The Morgan fingerprint density at radius 1 is 1.26 bits per heavy atom. The fourth-order valence-corrected chi connectivity index (χ4v) is 3.37. The van der Waals surface area contributed by atoms with E-state index in [-0.39, 0.29) is 0 Å². The van der Waals surface area contributed by atoms with Crippen molar-refractivity contribution in [2.24, 2.45) is 5.92 Å². The van der Waals surface area contributed by atoms with Gasteiger partial charge in [-0.1, -0.05) is 19.9 Å². The number of furan rings is 1. The lowest BCUT2D eigenvalue weighted by Crippen LogP contribution is -2.44. The predicted molar refractivity (Wildman–Crippen MR) is 92.0 cm³/mol. The van der Waals surface area contributed by atoms with Gasteiger partial charge in [0.25, 0.3) is 0 Å². The van der Waals surface area contributed by atoms with Crippen LogP contribution in [0.3, 0.4) is 0 Å². The lowest BCUT2D eigenvalue weighted by Gasteiger charge is -2.35. The highest BCUT2D eigenvalue weighted by Gasteiger charge is 2.24. The summed E-state index contributed by atoms with van der Waals surface area (Å²) in [6.45, 7) is 7.72. The van der Waals surface area contributed by atoms with Gasteiger partial charge in [-0.15, -0.1) is 0 Å². The number of rotatable bonds is 6.